The second kappa shape index (κ2) is 3.54. The van der Waals surface area contributed by atoms with Crippen molar-refractivity contribution in [3.63, 3.8) is 0 Å². The molecule has 2 aromatic rings. The third-order valence-corrected chi connectivity index (χ3v) is 2.26. The highest BCUT2D eigenvalue weighted by Gasteiger charge is 2.02. The number of aromatic nitrogens is 2. The van der Waals surface area contributed by atoms with Gasteiger partial charge in [-0.25, -0.2) is 4.98 Å². The van der Waals surface area contributed by atoms with E-state index in [0.29, 0.717) is 12.3 Å². The summed E-state index contributed by atoms with van der Waals surface area (Å²) in [6.45, 7) is 2.61. The maximum Gasteiger partial charge on any atom is 0.120 e. The normalized spacial score (nSPS) is 10.4. The van der Waals surface area contributed by atoms with Crippen LogP contribution in [0.15, 0.2) is 36.7 Å². The van der Waals surface area contributed by atoms with Gasteiger partial charge in [0.25, 0.3) is 0 Å². The van der Waals surface area contributed by atoms with E-state index in [9.17, 15) is 5.11 Å². The van der Waals surface area contributed by atoms with E-state index in [4.69, 9.17) is 0 Å². The van der Waals surface area contributed by atoms with E-state index in [1.54, 1.807) is 12.3 Å². The summed E-state index contributed by atoms with van der Waals surface area (Å²) in [6, 6.07) is 7.34. The van der Waals surface area contributed by atoms with Crippen LogP contribution in [0, 0.1) is 6.92 Å². The molecule has 2 rings (SSSR count). The molecule has 0 amide bonds. The van der Waals surface area contributed by atoms with E-state index in [1.807, 2.05) is 35.9 Å². The quantitative estimate of drug-likeness (QED) is 0.782. The lowest BCUT2D eigenvalue weighted by atomic mass is 10.2. The molecule has 3 heteroatoms. The van der Waals surface area contributed by atoms with Gasteiger partial charge < -0.3 is 9.67 Å². The van der Waals surface area contributed by atoms with Gasteiger partial charge in [0.2, 0.25) is 0 Å². The SMILES string of the molecule is Cc1nccn1Cc1ccccc1O. The van der Waals surface area contributed by atoms with Gasteiger partial charge in [0.1, 0.15) is 11.6 Å². The van der Waals surface area contributed by atoms with Gasteiger partial charge in [-0.2, -0.15) is 0 Å². The smallest absolute Gasteiger partial charge is 0.120 e. The van der Waals surface area contributed by atoms with Crippen molar-refractivity contribution in [1.82, 2.24) is 9.55 Å². The Morgan fingerprint density at radius 2 is 2.14 bits per heavy atom. The minimum atomic E-state index is 0.334. The number of benzene rings is 1. The Morgan fingerprint density at radius 3 is 2.79 bits per heavy atom. The number of aromatic hydroxyl groups is 1. The molecule has 0 radical (unpaired) electrons. The Hall–Kier alpha value is -1.77. The highest BCUT2D eigenvalue weighted by molar-refractivity contribution is 5.32. The summed E-state index contributed by atoms with van der Waals surface area (Å²) in [5, 5.41) is 9.57. The van der Waals surface area contributed by atoms with Crippen LogP contribution in [0.4, 0.5) is 0 Å². The summed E-state index contributed by atoms with van der Waals surface area (Å²) >= 11 is 0. The van der Waals surface area contributed by atoms with Crippen LogP contribution in [0.5, 0.6) is 5.75 Å². The van der Waals surface area contributed by atoms with E-state index in [-0.39, 0.29) is 0 Å². The standard InChI is InChI=1S/C11H12N2O/c1-9-12-6-7-13(9)8-10-4-2-3-5-11(10)14/h2-7,14H,8H2,1H3. The number of imidazole rings is 1. The summed E-state index contributed by atoms with van der Waals surface area (Å²) in [6.07, 6.45) is 3.66. The van der Waals surface area contributed by atoms with Gasteiger partial charge >= 0.3 is 0 Å². The molecule has 1 heterocycles. The fourth-order valence-corrected chi connectivity index (χ4v) is 1.40. The monoisotopic (exact) mass is 188 g/mol. The van der Waals surface area contributed by atoms with E-state index in [1.165, 1.54) is 0 Å². The second-order valence-corrected chi connectivity index (χ2v) is 3.23. The van der Waals surface area contributed by atoms with Crippen LogP contribution in [0.25, 0.3) is 0 Å². The molecule has 0 fully saturated rings. The van der Waals surface area contributed by atoms with Crippen LogP contribution in [-0.2, 0) is 6.54 Å². The van der Waals surface area contributed by atoms with Gasteiger partial charge in [-0.1, -0.05) is 18.2 Å². The molecule has 3 nitrogen and oxygen atoms in total. The van der Waals surface area contributed by atoms with Crippen molar-refractivity contribution in [3.8, 4) is 5.75 Å². The molecule has 0 saturated heterocycles. The van der Waals surface area contributed by atoms with E-state index >= 15 is 0 Å². The summed E-state index contributed by atoms with van der Waals surface area (Å²) in [7, 11) is 0. The third kappa shape index (κ3) is 1.62. The van der Waals surface area contributed by atoms with Crippen molar-refractivity contribution >= 4 is 0 Å². The van der Waals surface area contributed by atoms with Crippen LogP contribution < -0.4 is 0 Å². The molecule has 0 aliphatic rings. The van der Waals surface area contributed by atoms with Gasteiger partial charge in [0, 0.05) is 18.0 Å². The number of nitrogens with zero attached hydrogens (tertiary/aromatic N) is 2. The molecule has 0 spiro atoms. The van der Waals surface area contributed by atoms with E-state index in [0.717, 1.165) is 11.4 Å². The minimum Gasteiger partial charge on any atom is -0.508 e. The highest BCUT2D eigenvalue weighted by atomic mass is 16.3. The van der Waals surface area contributed by atoms with Gasteiger partial charge in [0.05, 0.1) is 6.54 Å². The molecule has 0 aliphatic heterocycles. The Morgan fingerprint density at radius 1 is 1.36 bits per heavy atom. The van der Waals surface area contributed by atoms with Crippen molar-refractivity contribution in [2.24, 2.45) is 0 Å². The van der Waals surface area contributed by atoms with Gasteiger partial charge in [0.15, 0.2) is 0 Å². The molecular formula is C11H12N2O. The zero-order valence-corrected chi connectivity index (χ0v) is 8.01. The predicted molar refractivity (Wildman–Crippen MR) is 54.2 cm³/mol. The number of para-hydroxylation sites is 1. The zero-order valence-electron chi connectivity index (χ0n) is 8.01. The largest absolute Gasteiger partial charge is 0.508 e. The lowest BCUT2D eigenvalue weighted by Gasteiger charge is -2.06. The van der Waals surface area contributed by atoms with Crippen LogP contribution in [0.1, 0.15) is 11.4 Å². The lowest BCUT2D eigenvalue weighted by molar-refractivity contribution is 0.465. The van der Waals surface area contributed by atoms with Crippen LogP contribution >= 0.6 is 0 Å². The Balaban J connectivity index is 2.28. The first-order chi connectivity index (χ1) is 6.77. The minimum absolute atomic E-state index is 0.334. The predicted octanol–water partition coefficient (Wildman–Crippen LogP) is 1.95. The van der Waals surface area contributed by atoms with Crippen LogP contribution in [0.2, 0.25) is 0 Å². The maximum atomic E-state index is 9.57. The molecule has 0 atom stereocenters. The molecule has 14 heavy (non-hydrogen) atoms. The van der Waals surface area contributed by atoms with Crippen molar-refractivity contribution in [1.29, 1.82) is 0 Å². The molecule has 72 valence electrons. The number of phenols is 1. The average molecular weight is 188 g/mol. The van der Waals surface area contributed by atoms with Crippen molar-refractivity contribution < 1.29 is 5.11 Å². The zero-order chi connectivity index (χ0) is 9.97. The Labute approximate surface area is 82.7 Å². The molecule has 0 aliphatic carbocycles. The maximum absolute atomic E-state index is 9.57. The van der Waals surface area contributed by atoms with E-state index in [2.05, 4.69) is 4.98 Å². The fourth-order valence-electron chi connectivity index (χ4n) is 1.40. The number of hydrogen-bond donors (Lipinski definition) is 1. The number of phenolic OH excluding ortho intramolecular Hbond substituents is 1. The van der Waals surface area contributed by atoms with Gasteiger partial charge in [-0.15, -0.1) is 0 Å². The van der Waals surface area contributed by atoms with E-state index < -0.39 is 0 Å². The molecule has 0 unspecified atom stereocenters. The number of aryl methyl sites for hydroxylation is 1. The first kappa shape index (κ1) is 8.81. The third-order valence-electron chi connectivity index (χ3n) is 2.26. The van der Waals surface area contributed by atoms with Crippen molar-refractivity contribution in [2.75, 3.05) is 0 Å². The van der Waals surface area contributed by atoms with Crippen molar-refractivity contribution in [3.05, 3.63) is 48.0 Å². The van der Waals surface area contributed by atoms with Crippen LogP contribution in [0.3, 0.4) is 0 Å². The lowest BCUT2D eigenvalue weighted by Crippen LogP contribution is -2.00. The summed E-state index contributed by atoms with van der Waals surface area (Å²) in [5.74, 6) is 1.29. The molecule has 1 aromatic carbocycles. The summed E-state index contributed by atoms with van der Waals surface area (Å²) in [5.41, 5.74) is 0.911. The number of hydrogen-bond acceptors (Lipinski definition) is 2. The van der Waals surface area contributed by atoms with Gasteiger partial charge in [-0.3, -0.25) is 0 Å². The average Bonchev–Trinajstić information content (AvgIpc) is 2.56. The Kier molecular flexibility index (Phi) is 2.23. The number of rotatable bonds is 2. The highest BCUT2D eigenvalue weighted by Crippen LogP contribution is 2.17. The molecule has 1 aromatic heterocycles. The summed E-state index contributed by atoms with van der Waals surface area (Å²) < 4.78 is 2.00. The second-order valence-electron chi connectivity index (χ2n) is 3.23. The first-order valence-electron chi connectivity index (χ1n) is 4.52. The fraction of sp³-hybridized carbons (Fsp3) is 0.182. The van der Waals surface area contributed by atoms with Crippen molar-refractivity contribution in [2.45, 2.75) is 13.5 Å². The molecule has 1 N–H and O–H groups in total. The first-order valence-corrected chi connectivity index (χ1v) is 4.52. The summed E-state index contributed by atoms with van der Waals surface area (Å²) in [4.78, 5) is 4.12. The Bertz CT molecular complexity index is 434. The van der Waals surface area contributed by atoms with Gasteiger partial charge in [-0.05, 0) is 13.0 Å². The topological polar surface area (TPSA) is 38.0 Å². The molecule has 0 saturated carbocycles. The van der Waals surface area contributed by atoms with Crippen LogP contribution in [-0.4, -0.2) is 14.7 Å². The molecule has 0 bridgehead atoms. The molecular weight excluding hydrogens is 176 g/mol.